The van der Waals surface area contributed by atoms with Crippen molar-refractivity contribution in [2.24, 2.45) is 0 Å². The maximum atomic E-state index is 10.5. The molecule has 0 unspecified atom stereocenters. The highest BCUT2D eigenvalue weighted by atomic mass is 16.5. The Morgan fingerprint density at radius 2 is 1.65 bits per heavy atom. The fourth-order valence-corrected chi connectivity index (χ4v) is 0.660. The number of hydrogen-bond donors (Lipinski definition) is 1. The van der Waals surface area contributed by atoms with Crippen molar-refractivity contribution in [1.29, 1.82) is 0 Å². The number of carbonyl (C=O) groups is 2. The Labute approximate surface area is 101 Å². The van der Waals surface area contributed by atoms with Crippen molar-refractivity contribution in [1.82, 2.24) is 9.97 Å². The van der Waals surface area contributed by atoms with Gasteiger partial charge >= 0.3 is 5.97 Å². The lowest BCUT2D eigenvalue weighted by Gasteiger charge is -1.98. The molecule has 1 N–H and O–H groups in total. The van der Waals surface area contributed by atoms with Crippen LogP contribution < -0.4 is 5.32 Å². The summed E-state index contributed by atoms with van der Waals surface area (Å²) >= 11 is 0. The number of aromatic nitrogens is 2. The minimum absolute atomic E-state index is 0. The SMILES string of the molecule is C.CC(=O)Nc1cnc(C)nc1.COC(C)=O. The van der Waals surface area contributed by atoms with Gasteiger partial charge < -0.3 is 10.1 Å². The Morgan fingerprint density at radius 1 is 1.24 bits per heavy atom. The Morgan fingerprint density at radius 3 is 1.94 bits per heavy atom. The second kappa shape index (κ2) is 9.26. The van der Waals surface area contributed by atoms with Gasteiger partial charge in [-0.25, -0.2) is 9.97 Å². The summed E-state index contributed by atoms with van der Waals surface area (Å²) in [5, 5.41) is 2.57. The molecule has 0 aliphatic rings. The van der Waals surface area contributed by atoms with Crippen molar-refractivity contribution >= 4 is 17.6 Å². The number of nitrogens with one attached hydrogen (secondary N) is 1. The van der Waals surface area contributed by atoms with Gasteiger partial charge in [-0.05, 0) is 6.92 Å². The van der Waals surface area contributed by atoms with E-state index < -0.39 is 0 Å². The highest BCUT2D eigenvalue weighted by Gasteiger charge is 1.94. The van der Waals surface area contributed by atoms with Gasteiger partial charge in [0.15, 0.2) is 0 Å². The van der Waals surface area contributed by atoms with Gasteiger partial charge in [0, 0.05) is 13.8 Å². The van der Waals surface area contributed by atoms with Crippen LogP contribution in [0.25, 0.3) is 0 Å². The molecule has 0 aromatic carbocycles. The summed E-state index contributed by atoms with van der Waals surface area (Å²) in [7, 11) is 1.35. The average molecular weight is 241 g/mol. The summed E-state index contributed by atoms with van der Waals surface area (Å²) in [6.45, 7) is 4.59. The van der Waals surface area contributed by atoms with Crippen LogP contribution in [0.15, 0.2) is 12.4 Å². The smallest absolute Gasteiger partial charge is 0.302 e. The number of anilines is 1. The molecule has 0 radical (unpaired) electrons. The summed E-state index contributed by atoms with van der Waals surface area (Å²) in [6.07, 6.45) is 3.15. The van der Waals surface area contributed by atoms with Crippen LogP contribution in [0.3, 0.4) is 0 Å². The normalized spacial score (nSPS) is 8.00. The molecule has 0 aliphatic carbocycles. The second-order valence-electron chi connectivity index (χ2n) is 2.90. The fourth-order valence-electron chi connectivity index (χ4n) is 0.660. The van der Waals surface area contributed by atoms with Crippen molar-refractivity contribution < 1.29 is 14.3 Å². The number of aryl methyl sites for hydroxylation is 1. The van der Waals surface area contributed by atoms with E-state index in [4.69, 9.17) is 0 Å². The molecule has 17 heavy (non-hydrogen) atoms. The zero-order valence-corrected chi connectivity index (χ0v) is 9.77. The minimum atomic E-state index is -0.245. The first-order chi connectivity index (χ1) is 7.45. The lowest BCUT2D eigenvalue weighted by molar-refractivity contribution is -0.137. The van der Waals surface area contributed by atoms with Gasteiger partial charge in [0.25, 0.3) is 0 Å². The number of ether oxygens (including phenoxy) is 1. The van der Waals surface area contributed by atoms with Gasteiger partial charge in [-0.1, -0.05) is 7.43 Å². The van der Waals surface area contributed by atoms with Crippen LogP contribution in [-0.4, -0.2) is 29.0 Å². The average Bonchev–Trinajstić information content (AvgIpc) is 2.22. The Bertz CT molecular complexity index is 349. The van der Waals surface area contributed by atoms with E-state index in [2.05, 4.69) is 20.0 Å². The minimum Gasteiger partial charge on any atom is -0.469 e. The molecule has 0 spiro atoms. The number of rotatable bonds is 1. The largest absolute Gasteiger partial charge is 0.469 e. The molecule has 6 heteroatoms. The molecule has 0 saturated carbocycles. The zero-order valence-electron chi connectivity index (χ0n) is 9.77. The first kappa shape index (κ1) is 17.4. The molecule has 1 rings (SSSR count). The van der Waals surface area contributed by atoms with Gasteiger partial charge in [0.2, 0.25) is 5.91 Å². The summed E-state index contributed by atoms with van der Waals surface area (Å²) in [6, 6.07) is 0. The lowest BCUT2D eigenvalue weighted by atomic mass is 10.5. The number of carbonyl (C=O) groups excluding carboxylic acids is 2. The van der Waals surface area contributed by atoms with E-state index in [0.717, 1.165) is 0 Å². The molecule has 96 valence electrons. The van der Waals surface area contributed by atoms with Crippen LogP contribution in [0, 0.1) is 6.92 Å². The third kappa shape index (κ3) is 10.3. The molecular weight excluding hydrogens is 222 g/mol. The van der Waals surface area contributed by atoms with Crippen molar-refractivity contribution in [2.45, 2.75) is 28.2 Å². The Hall–Kier alpha value is -1.98. The van der Waals surface area contributed by atoms with Crippen LogP contribution in [0.2, 0.25) is 0 Å². The third-order valence-corrected chi connectivity index (χ3v) is 1.39. The van der Waals surface area contributed by atoms with E-state index >= 15 is 0 Å². The number of esters is 1. The van der Waals surface area contributed by atoms with E-state index in [1.807, 2.05) is 0 Å². The molecular formula is C11H19N3O3. The molecule has 0 fully saturated rings. The van der Waals surface area contributed by atoms with E-state index in [9.17, 15) is 9.59 Å². The Balaban J connectivity index is 0. The van der Waals surface area contributed by atoms with Gasteiger partial charge in [-0.3, -0.25) is 9.59 Å². The molecule has 1 heterocycles. The Kier molecular flexibility index (Phi) is 9.49. The predicted octanol–water partition coefficient (Wildman–Crippen LogP) is 1.56. The molecule has 0 bridgehead atoms. The van der Waals surface area contributed by atoms with Crippen molar-refractivity contribution in [3.63, 3.8) is 0 Å². The molecule has 0 saturated heterocycles. The number of methoxy groups -OCH3 is 1. The third-order valence-electron chi connectivity index (χ3n) is 1.39. The van der Waals surface area contributed by atoms with Gasteiger partial charge in [0.05, 0.1) is 25.2 Å². The molecule has 1 aromatic rings. The molecule has 0 aliphatic heterocycles. The number of amides is 1. The van der Waals surface area contributed by atoms with Gasteiger partial charge in [-0.15, -0.1) is 0 Å². The van der Waals surface area contributed by atoms with Crippen LogP contribution in [0.4, 0.5) is 5.69 Å². The number of nitrogens with zero attached hydrogens (tertiary/aromatic N) is 2. The van der Waals surface area contributed by atoms with E-state index in [1.54, 1.807) is 19.3 Å². The maximum absolute atomic E-state index is 10.5. The standard InChI is InChI=1S/C7H9N3O.C3H6O2.CH4/c1-5-8-3-7(4-9-5)10-6(2)11;1-3(4)5-2;/h3-4H,1-2H3,(H,10,11);1-2H3;1H4. The van der Waals surface area contributed by atoms with Gasteiger partial charge in [0.1, 0.15) is 5.82 Å². The van der Waals surface area contributed by atoms with Gasteiger partial charge in [-0.2, -0.15) is 0 Å². The van der Waals surface area contributed by atoms with Crippen LogP contribution in [0.5, 0.6) is 0 Å². The van der Waals surface area contributed by atoms with Crippen molar-refractivity contribution in [2.75, 3.05) is 12.4 Å². The monoisotopic (exact) mass is 241 g/mol. The molecule has 1 aromatic heterocycles. The van der Waals surface area contributed by atoms with E-state index in [-0.39, 0.29) is 19.3 Å². The highest BCUT2D eigenvalue weighted by molar-refractivity contribution is 5.88. The summed E-state index contributed by atoms with van der Waals surface area (Å²) in [5.41, 5.74) is 0.628. The summed E-state index contributed by atoms with van der Waals surface area (Å²) < 4.78 is 4.11. The molecule has 0 atom stereocenters. The first-order valence-corrected chi connectivity index (χ1v) is 4.56. The lowest BCUT2D eigenvalue weighted by Crippen LogP contribution is -2.06. The summed E-state index contributed by atoms with van der Waals surface area (Å²) in [5.74, 6) is 0.335. The number of hydrogen-bond acceptors (Lipinski definition) is 5. The zero-order chi connectivity index (χ0) is 12.6. The molecule has 6 nitrogen and oxygen atoms in total. The molecule has 1 amide bonds. The van der Waals surface area contributed by atoms with Crippen molar-refractivity contribution in [3.8, 4) is 0 Å². The van der Waals surface area contributed by atoms with Crippen LogP contribution in [-0.2, 0) is 14.3 Å². The maximum Gasteiger partial charge on any atom is 0.302 e. The predicted molar refractivity (Wildman–Crippen MR) is 65.5 cm³/mol. The fraction of sp³-hybridized carbons (Fsp3) is 0.455. The van der Waals surface area contributed by atoms with E-state index in [1.165, 1.54) is 21.0 Å². The van der Waals surface area contributed by atoms with Crippen LogP contribution >= 0.6 is 0 Å². The second-order valence-corrected chi connectivity index (χ2v) is 2.90. The quantitative estimate of drug-likeness (QED) is 0.754. The highest BCUT2D eigenvalue weighted by Crippen LogP contribution is 2.00. The van der Waals surface area contributed by atoms with Crippen molar-refractivity contribution in [3.05, 3.63) is 18.2 Å². The van der Waals surface area contributed by atoms with Crippen LogP contribution in [0.1, 0.15) is 27.1 Å². The topological polar surface area (TPSA) is 81.2 Å². The van der Waals surface area contributed by atoms with E-state index in [0.29, 0.717) is 11.5 Å². The first-order valence-electron chi connectivity index (χ1n) is 4.56. The summed E-state index contributed by atoms with van der Waals surface area (Å²) in [4.78, 5) is 27.9.